The van der Waals surface area contributed by atoms with Gasteiger partial charge < -0.3 is 9.64 Å². The van der Waals surface area contributed by atoms with Crippen LogP contribution in [-0.2, 0) is 4.74 Å². The molecular weight excluding hydrogens is 245 g/mol. The Bertz CT molecular complexity index is 474. The molecule has 0 N–H and O–H groups in total. The molecule has 1 aromatic carbocycles. The van der Waals surface area contributed by atoms with E-state index >= 15 is 0 Å². The second-order valence-electron chi connectivity index (χ2n) is 5.86. The summed E-state index contributed by atoms with van der Waals surface area (Å²) in [5.74, 6) is -0.692. The highest BCUT2D eigenvalue weighted by atomic mass is 19.1. The van der Waals surface area contributed by atoms with Gasteiger partial charge in [-0.15, -0.1) is 0 Å². The molecule has 1 fully saturated rings. The quantitative estimate of drug-likeness (QED) is 0.768. The molecule has 1 saturated heterocycles. The summed E-state index contributed by atoms with van der Waals surface area (Å²) in [5, 5.41) is 0. The van der Waals surface area contributed by atoms with Crippen molar-refractivity contribution in [1.82, 2.24) is 0 Å². The predicted molar refractivity (Wildman–Crippen MR) is 73.0 cm³/mol. The highest BCUT2D eigenvalue weighted by Crippen LogP contribution is 2.25. The minimum atomic E-state index is -0.542. The van der Waals surface area contributed by atoms with Crippen molar-refractivity contribution in [3.8, 4) is 0 Å². The summed E-state index contributed by atoms with van der Waals surface area (Å²) in [6.07, 6.45) is 2.13. The molecule has 0 unspecified atom stereocenters. The van der Waals surface area contributed by atoms with E-state index in [9.17, 15) is 9.18 Å². The standard InChI is InChI=1S/C15H20FNO2/c1-15(2,3)19-14(18)11-6-7-12(16)13(10-11)17-8-4-5-9-17/h6-7,10H,4-5,8-9H2,1-3H3. The van der Waals surface area contributed by atoms with Crippen molar-refractivity contribution in [2.24, 2.45) is 0 Å². The Hall–Kier alpha value is -1.58. The van der Waals surface area contributed by atoms with Crippen molar-refractivity contribution >= 4 is 11.7 Å². The first kappa shape index (κ1) is 13.8. The van der Waals surface area contributed by atoms with Gasteiger partial charge >= 0.3 is 5.97 Å². The van der Waals surface area contributed by atoms with Crippen LogP contribution in [0.3, 0.4) is 0 Å². The molecule has 0 aromatic heterocycles. The first-order chi connectivity index (χ1) is 8.87. The van der Waals surface area contributed by atoms with E-state index in [4.69, 9.17) is 4.74 Å². The minimum absolute atomic E-state index is 0.283. The third-order valence-electron chi connectivity index (χ3n) is 3.03. The van der Waals surface area contributed by atoms with Gasteiger partial charge in [-0.05, 0) is 51.8 Å². The molecule has 0 saturated carbocycles. The van der Waals surface area contributed by atoms with Crippen LogP contribution in [0.2, 0.25) is 0 Å². The Morgan fingerprint density at radius 3 is 2.47 bits per heavy atom. The zero-order chi connectivity index (χ0) is 14.0. The lowest BCUT2D eigenvalue weighted by molar-refractivity contribution is 0.00695. The highest BCUT2D eigenvalue weighted by molar-refractivity contribution is 5.91. The monoisotopic (exact) mass is 265 g/mol. The molecule has 1 aromatic rings. The molecule has 1 aliphatic heterocycles. The van der Waals surface area contributed by atoms with E-state index in [0.29, 0.717) is 11.3 Å². The van der Waals surface area contributed by atoms with E-state index in [1.165, 1.54) is 12.1 Å². The van der Waals surface area contributed by atoms with Gasteiger partial charge in [0, 0.05) is 13.1 Å². The molecule has 104 valence electrons. The number of hydrogen-bond acceptors (Lipinski definition) is 3. The number of halogens is 1. The maximum Gasteiger partial charge on any atom is 0.338 e. The van der Waals surface area contributed by atoms with Crippen LogP contribution in [0, 0.1) is 5.82 Å². The molecule has 0 aliphatic carbocycles. The molecule has 3 nitrogen and oxygen atoms in total. The number of ether oxygens (including phenoxy) is 1. The number of esters is 1. The van der Waals surface area contributed by atoms with E-state index in [2.05, 4.69) is 0 Å². The lowest BCUT2D eigenvalue weighted by atomic mass is 10.1. The summed E-state index contributed by atoms with van der Waals surface area (Å²) in [4.78, 5) is 14.0. The number of hydrogen-bond donors (Lipinski definition) is 0. The Labute approximate surface area is 113 Å². The van der Waals surface area contributed by atoms with Gasteiger partial charge in [-0.25, -0.2) is 9.18 Å². The van der Waals surface area contributed by atoms with Crippen LogP contribution in [0.15, 0.2) is 18.2 Å². The van der Waals surface area contributed by atoms with Crippen LogP contribution in [0.5, 0.6) is 0 Å². The topological polar surface area (TPSA) is 29.5 Å². The van der Waals surface area contributed by atoms with Gasteiger partial charge in [-0.2, -0.15) is 0 Å². The molecule has 0 spiro atoms. The van der Waals surface area contributed by atoms with Gasteiger partial charge in [0.15, 0.2) is 0 Å². The van der Waals surface area contributed by atoms with Crippen LogP contribution in [-0.4, -0.2) is 24.7 Å². The summed E-state index contributed by atoms with van der Waals surface area (Å²) < 4.78 is 19.1. The third kappa shape index (κ3) is 3.46. The molecule has 0 radical (unpaired) electrons. The van der Waals surface area contributed by atoms with Gasteiger partial charge in [-0.1, -0.05) is 0 Å². The number of carbonyl (C=O) groups excluding carboxylic acids is 1. The number of anilines is 1. The normalized spacial score (nSPS) is 15.7. The summed E-state index contributed by atoms with van der Waals surface area (Å²) in [6.45, 7) is 7.13. The molecule has 2 rings (SSSR count). The van der Waals surface area contributed by atoms with Gasteiger partial charge in [0.05, 0.1) is 11.3 Å². The second kappa shape index (κ2) is 5.19. The van der Waals surface area contributed by atoms with Crippen molar-refractivity contribution in [2.45, 2.75) is 39.2 Å². The van der Waals surface area contributed by atoms with Crippen molar-refractivity contribution in [1.29, 1.82) is 0 Å². The summed E-state index contributed by atoms with van der Waals surface area (Å²) in [5.41, 5.74) is 0.360. The predicted octanol–water partition coefficient (Wildman–Crippen LogP) is 3.38. The minimum Gasteiger partial charge on any atom is -0.456 e. The van der Waals surface area contributed by atoms with Crippen molar-refractivity contribution in [3.05, 3.63) is 29.6 Å². The molecule has 1 heterocycles. The van der Waals surface area contributed by atoms with Crippen LogP contribution < -0.4 is 4.90 Å². The summed E-state index contributed by atoms with van der Waals surface area (Å²) >= 11 is 0. The molecule has 0 amide bonds. The largest absolute Gasteiger partial charge is 0.456 e. The van der Waals surface area contributed by atoms with Crippen molar-refractivity contribution in [2.75, 3.05) is 18.0 Å². The maximum atomic E-state index is 13.8. The van der Waals surface area contributed by atoms with Crippen LogP contribution in [0.25, 0.3) is 0 Å². The number of rotatable bonds is 2. The molecule has 19 heavy (non-hydrogen) atoms. The van der Waals surface area contributed by atoms with Gasteiger partial charge in [-0.3, -0.25) is 0 Å². The van der Waals surface area contributed by atoms with E-state index in [-0.39, 0.29) is 5.82 Å². The van der Waals surface area contributed by atoms with Crippen LogP contribution in [0.1, 0.15) is 44.0 Å². The molecule has 0 atom stereocenters. The van der Waals surface area contributed by atoms with E-state index in [0.717, 1.165) is 25.9 Å². The van der Waals surface area contributed by atoms with E-state index in [1.54, 1.807) is 6.07 Å². The fourth-order valence-corrected chi connectivity index (χ4v) is 2.18. The third-order valence-corrected chi connectivity index (χ3v) is 3.03. The van der Waals surface area contributed by atoms with Crippen molar-refractivity contribution in [3.63, 3.8) is 0 Å². The SMILES string of the molecule is CC(C)(C)OC(=O)c1ccc(F)c(N2CCCC2)c1. The summed E-state index contributed by atoms with van der Waals surface area (Å²) in [7, 11) is 0. The molecular formula is C15H20FNO2. The van der Waals surface area contributed by atoms with Crippen LogP contribution >= 0.6 is 0 Å². The number of benzene rings is 1. The average molecular weight is 265 g/mol. The number of nitrogens with zero attached hydrogens (tertiary/aromatic N) is 1. The zero-order valence-electron chi connectivity index (χ0n) is 11.7. The molecule has 0 bridgehead atoms. The van der Waals surface area contributed by atoms with Gasteiger partial charge in [0.2, 0.25) is 0 Å². The lowest BCUT2D eigenvalue weighted by Gasteiger charge is -2.21. The van der Waals surface area contributed by atoms with Gasteiger partial charge in [0.1, 0.15) is 11.4 Å². The molecule has 1 aliphatic rings. The first-order valence-corrected chi connectivity index (χ1v) is 6.65. The van der Waals surface area contributed by atoms with E-state index < -0.39 is 11.6 Å². The lowest BCUT2D eigenvalue weighted by Crippen LogP contribution is -2.24. The van der Waals surface area contributed by atoms with Crippen LogP contribution in [0.4, 0.5) is 10.1 Å². The Morgan fingerprint density at radius 2 is 1.89 bits per heavy atom. The Balaban J connectivity index is 2.23. The first-order valence-electron chi connectivity index (χ1n) is 6.65. The fraction of sp³-hybridized carbons (Fsp3) is 0.533. The smallest absolute Gasteiger partial charge is 0.338 e. The van der Waals surface area contributed by atoms with E-state index in [1.807, 2.05) is 25.7 Å². The second-order valence-corrected chi connectivity index (χ2v) is 5.86. The fourth-order valence-electron chi connectivity index (χ4n) is 2.18. The molecule has 4 heteroatoms. The van der Waals surface area contributed by atoms with Gasteiger partial charge in [0.25, 0.3) is 0 Å². The Morgan fingerprint density at radius 1 is 1.26 bits per heavy atom. The Kier molecular flexibility index (Phi) is 3.78. The summed E-state index contributed by atoms with van der Waals surface area (Å²) in [6, 6.07) is 4.41. The average Bonchev–Trinajstić information content (AvgIpc) is 2.80. The number of carbonyl (C=O) groups is 1. The zero-order valence-corrected chi connectivity index (χ0v) is 11.7. The van der Waals surface area contributed by atoms with Crippen molar-refractivity contribution < 1.29 is 13.9 Å². The maximum absolute atomic E-state index is 13.8. The highest BCUT2D eigenvalue weighted by Gasteiger charge is 2.21.